The molecule has 39 heavy (non-hydrogen) atoms. The second-order valence-corrected chi connectivity index (χ2v) is 10.5. The van der Waals surface area contributed by atoms with Gasteiger partial charge in [0.1, 0.15) is 6.04 Å². The standard InChI is InChI=1S/C31H36N4O4/c1-2-39-30(38)32-26(22-24-10-4-3-5-11-24)29(37)35-21-16-31(23-35)14-19-34(20-15-31)28(36)25-12-6-7-13-27(25)33-17-8-9-18-33/h3-13,17-18,26H,2,14-16,19-23H2,1H3,(H,32,38). The summed E-state index contributed by atoms with van der Waals surface area (Å²) in [5.74, 6) is -0.0374. The van der Waals surface area contributed by atoms with Crippen molar-refractivity contribution in [2.45, 2.75) is 38.6 Å². The van der Waals surface area contributed by atoms with Gasteiger partial charge in [-0.3, -0.25) is 9.59 Å². The summed E-state index contributed by atoms with van der Waals surface area (Å²) in [6, 6.07) is 20.6. The van der Waals surface area contributed by atoms with E-state index in [9.17, 15) is 14.4 Å². The van der Waals surface area contributed by atoms with Crippen LogP contribution in [0.15, 0.2) is 79.1 Å². The van der Waals surface area contributed by atoms with E-state index in [4.69, 9.17) is 4.74 Å². The number of aromatic nitrogens is 1. The first-order valence-corrected chi connectivity index (χ1v) is 13.8. The average Bonchev–Trinajstić information content (AvgIpc) is 3.64. The van der Waals surface area contributed by atoms with Gasteiger partial charge < -0.3 is 24.4 Å². The van der Waals surface area contributed by atoms with Crippen LogP contribution in [0.2, 0.25) is 0 Å². The first kappa shape index (κ1) is 26.5. The highest BCUT2D eigenvalue weighted by molar-refractivity contribution is 5.98. The maximum atomic E-state index is 13.6. The highest BCUT2D eigenvalue weighted by Gasteiger charge is 2.44. The SMILES string of the molecule is CCOC(=O)NC(Cc1ccccc1)C(=O)N1CCC2(CCN(C(=O)c3ccccc3-n3cccc3)CC2)C1. The Morgan fingerprint density at radius 3 is 2.21 bits per heavy atom. The lowest BCUT2D eigenvalue weighted by Crippen LogP contribution is -2.50. The summed E-state index contributed by atoms with van der Waals surface area (Å²) in [5, 5.41) is 2.78. The monoisotopic (exact) mass is 528 g/mol. The summed E-state index contributed by atoms with van der Waals surface area (Å²) in [6.07, 6.45) is 6.33. The zero-order valence-electron chi connectivity index (χ0n) is 22.4. The van der Waals surface area contributed by atoms with Crippen LogP contribution < -0.4 is 5.32 Å². The van der Waals surface area contributed by atoms with Crippen LogP contribution in [0.25, 0.3) is 5.69 Å². The van der Waals surface area contributed by atoms with E-state index in [0.717, 1.165) is 30.5 Å². The van der Waals surface area contributed by atoms with Gasteiger partial charge in [-0.05, 0) is 61.4 Å². The molecule has 2 fully saturated rings. The lowest BCUT2D eigenvalue weighted by atomic mass is 9.77. The number of piperidine rings is 1. The first-order valence-electron chi connectivity index (χ1n) is 13.8. The third kappa shape index (κ3) is 6.00. The molecular weight excluding hydrogens is 492 g/mol. The summed E-state index contributed by atoms with van der Waals surface area (Å²) >= 11 is 0. The third-order valence-electron chi connectivity index (χ3n) is 8.03. The Hall–Kier alpha value is -4.07. The Morgan fingerprint density at radius 2 is 1.51 bits per heavy atom. The predicted molar refractivity (Wildman–Crippen MR) is 149 cm³/mol. The van der Waals surface area contributed by atoms with Gasteiger partial charge >= 0.3 is 6.09 Å². The second kappa shape index (κ2) is 11.8. The molecule has 0 saturated carbocycles. The van der Waals surface area contributed by atoms with E-state index in [0.29, 0.717) is 38.2 Å². The Bertz CT molecular complexity index is 1280. The third-order valence-corrected chi connectivity index (χ3v) is 8.03. The maximum Gasteiger partial charge on any atom is 0.407 e. The molecule has 1 aromatic heterocycles. The van der Waals surface area contributed by atoms with Crippen molar-refractivity contribution < 1.29 is 19.1 Å². The summed E-state index contributed by atoms with van der Waals surface area (Å²) in [6.45, 7) is 4.61. The van der Waals surface area contributed by atoms with Crippen LogP contribution in [-0.2, 0) is 16.0 Å². The molecule has 3 amide bonds. The fourth-order valence-electron chi connectivity index (χ4n) is 5.85. The molecule has 0 radical (unpaired) electrons. The molecule has 1 N–H and O–H groups in total. The minimum atomic E-state index is -0.687. The predicted octanol–water partition coefficient (Wildman–Crippen LogP) is 4.29. The number of nitrogens with one attached hydrogen (secondary N) is 1. The van der Waals surface area contributed by atoms with Gasteiger partial charge in [0.05, 0.1) is 17.9 Å². The van der Waals surface area contributed by atoms with Gasteiger partial charge in [0.25, 0.3) is 5.91 Å². The van der Waals surface area contributed by atoms with E-state index in [-0.39, 0.29) is 23.8 Å². The Morgan fingerprint density at radius 1 is 0.872 bits per heavy atom. The molecule has 3 heterocycles. The molecule has 1 unspecified atom stereocenters. The molecule has 2 aromatic carbocycles. The molecule has 2 aliphatic heterocycles. The Kier molecular flexibility index (Phi) is 8.00. The average molecular weight is 529 g/mol. The Labute approximate surface area is 229 Å². The molecule has 8 heteroatoms. The number of alkyl carbamates (subject to hydrolysis) is 1. The van der Waals surface area contributed by atoms with Gasteiger partial charge in [0, 0.05) is 45.0 Å². The number of ether oxygens (including phenoxy) is 1. The van der Waals surface area contributed by atoms with Crippen LogP contribution in [0, 0.1) is 5.41 Å². The molecule has 3 aromatic rings. The summed E-state index contributed by atoms with van der Waals surface area (Å²) in [7, 11) is 0. The van der Waals surface area contributed by atoms with Crippen molar-refractivity contribution >= 4 is 17.9 Å². The number of carbonyl (C=O) groups is 3. The lowest BCUT2D eigenvalue weighted by molar-refractivity contribution is -0.132. The number of nitrogens with zero attached hydrogens (tertiary/aromatic N) is 3. The normalized spacial score (nSPS) is 17.2. The van der Waals surface area contributed by atoms with Crippen molar-refractivity contribution in [3.05, 3.63) is 90.3 Å². The summed E-state index contributed by atoms with van der Waals surface area (Å²) < 4.78 is 7.04. The molecule has 2 aliphatic rings. The highest BCUT2D eigenvalue weighted by atomic mass is 16.5. The fourth-order valence-corrected chi connectivity index (χ4v) is 5.85. The summed E-state index contributed by atoms with van der Waals surface area (Å²) in [5.41, 5.74) is 2.55. The minimum Gasteiger partial charge on any atom is -0.450 e. The van der Waals surface area contributed by atoms with E-state index in [1.165, 1.54) is 0 Å². The van der Waals surface area contributed by atoms with Crippen molar-refractivity contribution in [1.29, 1.82) is 0 Å². The lowest BCUT2D eigenvalue weighted by Gasteiger charge is -2.39. The van der Waals surface area contributed by atoms with Crippen LogP contribution in [0.5, 0.6) is 0 Å². The molecule has 1 spiro atoms. The first-order chi connectivity index (χ1) is 19.0. The van der Waals surface area contributed by atoms with Gasteiger partial charge in [-0.2, -0.15) is 0 Å². The van der Waals surface area contributed by atoms with Crippen LogP contribution >= 0.6 is 0 Å². The quantitative estimate of drug-likeness (QED) is 0.496. The van der Waals surface area contributed by atoms with Gasteiger partial charge in [-0.1, -0.05) is 42.5 Å². The maximum absolute atomic E-state index is 13.6. The number of amides is 3. The fraction of sp³-hybridized carbons (Fsp3) is 0.387. The highest BCUT2D eigenvalue weighted by Crippen LogP contribution is 2.41. The van der Waals surface area contributed by atoms with Crippen LogP contribution in [-0.4, -0.2) is 71.1 Å². The molecule has 0 bridgehead atoms. The van der Waals surface area contributed by atoms with Gasteiger partial charge in [-0.15, -0.1) is 0 Å². The molecule has 0 aliphatic carbocycles. The number of benzene rings is 2. The van der Waals surface area contributed by atoms with Gasteiger partial charge in [0.15, 0.2) is 0 Å². The Balaban J connectivity index is 1.23. The van der Waals surface area contributed by atoms with E-state index in [2.05, 4.69) is 5.32 Å². The van der Waals surface area contributed by atoms with E-state index in [1.807, 2.05) is 93.5 Å². The van der Waals surface area contributed by atoms with E-state index in [1.54, 1.807) is 6.92 Å². The number of para-hydroxylation sites is 1. The number of rotatable bonds is 7. The van der Waals surface area contributed by atoms with Crippen LogP contribution in [0.3, 0.4) is 0 Å². The number of likely N-dealkylation sites (tertiary alicyclic amines) is 2. The van der Waals surface area contributed by atoms with E-state index >= 15 is 0 Å². The van der Waals surface area contributed by atoms with Crippen LogP contribution in [0.4, 0.5) is 4.79 Å². The molecule has 2 saturated heterocycles. The van der Waals surface area contributed by atoms with Gasteiger partial charge in [-0.25, -0.2) is 4.79 Å². The number of hydrogen-bond acceptors (Lipinski definition) is 4. The molecule has 204 valence electrons. The van der Waals surface area contributed by atoms with Crippen molar-refractivity contribution in [1.82, 2.24) is 19.7 Å². The molecular formula is C31H36N4O4. The van der Waals surface area contributed by atoms with E-state index < -0.39 is 12.1 Å². The van der Waals surface area contributed by atoms with Gasteiger partial charge in [0.2, 0.25) is 5.91 Å². The zero-order chi connectivity index (χ0) is 27.2. The van der Waals surface area contributed by atoms with Crippen LogP contribution in [0.1, 0.15) is 42.1 Å². The molecule has 8 nitrogen and oxygen atoms in total. The largest absolute Gasteiger partial charge is 0.450 e. The van der Waals surface area contributed by atoms with Crippen molar-refractivity contribution in [2.75, 3.05) is 32.8 Å². The molecule has 1 atom stereocenters. The number of hydrogen-bond donors (Lipinski definition) is 1. The van der Waals surface area contributed by atoms with Crippen molar-refractivity contribution in [3.8, 4) is 5.69 Å². The number of carbonyl (C=O) groups excluding carboxylic acids is 3. The van der Waals surface area contributed by atoms with Crippen molar-refractivity contribution in [2.24, 2.45) is 5.41 Å². The summed E-state index contributed by atoms with van der Waals surface area (Å²) in [4.78, 5) is 43.2. The zero-order valence-corrected chi connectivity index (χ0v) is 22.4. The topological polar surface area (TPSA) is 83.9 Å². The van der Waals surface area contributed by atoms with Crippen molar-refractivity contribution in [3.63, 3.8) is 0 Å². The minimum absolute atomic E-state index is 0.00634. The second-order valence-electron chi connectivity index (χ2n) is 10.5. The smallest absolute Gasteiger partial charge is 0.407 e. The molecule has 5 rings (SSSR count).